The third kappa shape index (κ3) is 3.93. The van der Waals surface area contributed by atoms with Gasteiger partial charge in [-0.2, -0.15) is 0 Å². The van der Waals surface area contributed by atoms with Crippen molar-refractivity contribution in [3.8, 4) is 0 Å². The topological polar surface area (TPSA) is 112 Å². The lowest BCUT2D eigenvalue weighted by Gasteiger charge is -2.33. The zero-order chi connectivity index (χ0) is 21.3. The number of furan rings is 1. The molecule has 1 aliphatic carbocycles. The quantitative estimate of drug-likeness (QED) is 0.723. The van der Waals surface area contributed by atoms with E-state index in [9.17, 15) is 19.2 Å². The lowest BCUT2D eigenvalue weighted by molar-refractivity contribution is -0.136. The van der Waals surface area contributed by atoms with Crippen molar-refractivity contribution in [2.24, 2.45) is 5.92 Å². The molecule has 0 bridgehead atoms. The molecule has 3 aliphatic rings. The first kappa shape index (κ1) is 20.4. The van der Waals surface area contributed by atoms with Crippen LogP contribution in [0, 0.1) is 5.92 Å². The number of amides is 5. The minimum atomic E-state index is -0.832. The van der Waals surface area contributed by atoms with Crippen LogP contribution in [-0.2, 0) is 9.59 Å². The van der Waals surface area contributed by atoms with Crippen molar-refractivity contribution in [3.63, 3.8) is 0 Å². The Kier molecular flexibility index (Phi) is 5.53. The Hall–Kier alpha value is -2.84. The third-order valence-electron chi connectivity index (χ3n) is 6.55. The minimum absolute atomic E-state index is 0.0941. The van der Waals surface area contributed by atoms with Crippen LogP contribution in [0.25, 0.3) is 0 Å². The predicted octanol–water partition coefficient (Wildman–Crippen LogP) is 1.50. The number of nitrogens with one attached hydrogen (secondary N) is 2. The molecule has 1 spiro atoms. The molecule has 3 fully saturated rings. The van der Waals surface area contributed by atoms with Gasteiger partial charge in [0.1, 0.15) is 12.1 Å². The first-order chi connectivity index (χ1) is 14.4. The van der Waals surface area contributed by atoms with Crippen molar-refractivity contribution in [1.29, 1.82) is 0 Å². The van der Waals surface area contributed by atoms with E-state index in [0.717, 1.165) is 17.7 Å². The molecule has 0 atom stereocenters. The number of carbonyl (C=O) groups is 4. The van der Waals surface area contributed by atoms with Crippen LogP contribution in [0.1, 0.15) is 56.0 Å². The van der Waals surface area contributed by atoms with Crippen LogP contribution in [0.2, 0.25) is 0 Å². The molecule has 2 N–H and O–H groups in total. The van der Waals surface area contributed by atoms with Crippen molar-refractivity contribution in [2.75, 3.05) is 19.6 Å². The molecule has 9 nitrogen and oxygen atoms in total. The van der Waals surface area contributed by atoms with E-state index in [4.69, 9.17) is 4.42 Å². The lowest BCUT2D eigenvalue weighted by Crippen LogP contribution is -2.51. The fraction of sp³-hybridized carbons (Fsp3) is 0.619. The number of rotatable bonds is 4. The molecule has 4 rings (SSSR count). The van der Waals surface area contributed by atoms with Gasteiger partial charge in [-0.3, -0.25) is 19.3 Å². The normalized spacial score (nSPS) is 27.4. The second-order valence-corrected chi connectivity index (χ2v) is 8.70. The third-order valence-corrected chi connectivity index (χ3v) is 6.55. The number of hydrogen-bond acceptors (Lipinski definition) is 5. The summed E-state index contributed by atoms with van der Waals surface area (Å²) in [5.41, 5.74) is -0.832. The van der Waals surface area contributed by atoms with E-state index in [2.05, 4.69) is 17.6 Å². The summed E-state index contributed by atoms with van der Waals surface area (Å²) >= 11 is 0. The molecule has 1 aromatic heterocycles. The largest absolute Gasteiger partial charge is 0.459 e. The van der Waals surface area contributed by atoms with E-state index in [1.807, 2.05) is 0 Å². The SMILES string of the molecule is CC1CCC2(CC1)NC(=O)N(CC(=O)NC1CCN(C(=O)c3ccco3)CC1)C2=O. The van der Waals surface area contributed by atoms with E-state index in [-0.39, 0.29) is 30.3 Å². The highest BCUT2D eigenvalue weighted by molar-refractivity contribution is 6.09. The molecular weight excluding hydrogens is 388 g/mol. The van der Waals surface area contributed by atoms with Gasteiger partial charge in [-0.25, -0.2) is 4.79 Å². The molecule has 1 aromatic rings. The van der Waals surface area contributed by atoms with Gasteiger partial charge in [0.15, 0.2) is 5.76 Å². The van der Waals surface area contributed by atoms with Gasteiger partial charge in [0.2, 0.25) is 5.91 Å². The highest BCUT2D eigenvalue weighted by Gasteiger charge is 2.52. The number of piperidine rings is 1. The van der Waals surface area contributed by atoms with Gasteiger partial charge in [-0.05, 0) is 56.6 Å². The molecule has 9 heteroatoms. The number of carbonyl (C=O) groups excluding carboxylic acids is 4. The van der Waals surface area contributed by atoms with E-state index in [1.54, 1.807) is 17.0 Å². The van der Waals surface area contributed by atoms with E-state index in [0.29, 0.717) is 50.5 Å². The maximum Gasteiger partial charge on any atom is 0.325 e. The van der Waals surface area contributed by atoms with Crippen LogP contribution >= 0.6 is 0 Å². The molecule has 0 radical (unpaired) electrons. The summed E-state index contributed by atoms with van der Waals surface area (Å²) in [6.45, 7) is 2.89. The standard InChI is InChI=1S/C21H28N4O5/c1-14-4-8-21(9-5-14)19(28)25(20(29)23-21)13-17(26)22-15-6-10-24(11-7-15)18(27)16-3-2-12-30-16/h2-3,12,14-15H,4-11,13H2,1H3,(H,22,26)(H,23,29). The van der Waals surface area contributed by atoms with E-state index in [1.165, 1.54) is 6.26 Å². The van der Waals surface area contributed by atoms with E-state index >= 15 is 0 Å². The summed E-state index contributed by atoms with van der Waals surface area (Å²) in [5, 5.41) is 5.74. The molecule has 162 valence electrons. The maximum absolute atomic E-state index is 12.9. The van der Waals surface area contributed by atoms with Gasteiger partial charge in [0.05, 0.1) is 6.26 Å². The van der Waals surface area contributed by atoms with Crippen molar-refractivity contribution >= 4 is 23.8 Å². The molecule has 30 heavy (non-hydrogen) atoms. The molecule has 1 saturated carbocycles. The molecular formula is C21H28N4O5. The van der Waals surface area contributed by atoms with Crippen LogP contribution in [0.5, 0.6) is 0 Å². The number of urea groups is 1. The van der Waals surface area contributed by atoms with Gasteiger partial charge in [-0.1, -0.05) is 6.92 Å². The fourth-order valence-corrected chi connectivity index (χ4v) is 4.61. The molecule has 5 amide bonds. The van der Waals surface area contributed by atoms with Crippen molar-refractivity contribution in [1.82, 2.24) is 20.4 Å². The van der Waals surface area contributed by atoms with Gasteiger partial charge in [0, 0.05) is 19.1 Å². The Bertz CT molecular complexity index is 820. The average Bonchev–Trinajstić information content (AvgIpc) is 3.34. The van der Waals surface area contributed by atoms with Gasteiger partial charge < -0.3 is 20.0 Å². The number of hydrogen-bond donors (Lipinski definition) is 2. The van der Waals surface area contributed by atoms with E-state index < -0.39 is 11.6 Å². The minimum Gasteiger partial charge on any atom is -0.459 e. The number of nitrogens with zero attached hydrogens (tertiary/aromatic N) is 2. The molecule has 3 heterocycles. The Morgan fingerprint density at radius 3 is 2.53 bits per heavy atom. The van der Waals surface area contributed by atoms with Crippen LogP contribution in [0.15, 0.2) is 22.8 Å². The van der Waals surface area contributed by atoms with Gasteiger partial charge in [-0.15, -0.1) is 0 Å². The Morgan fingerprint density at radius 2 is 1.90 bits per heavy atom. The number of likely N-dealkylation sites (tertiary alicyclic amines) is 1. The van der Waals surface area contributed by atoms with Gasteiger partial charge in [0.25, 0.3) is 11.8 Å². The number of imide groups is 1. The Balaban J connectivity index is 1.27. The predicted molar refractivity (Wildman–Crippen MR) is 106 cm³/mol. The van der Waals surface area contributed by atoms with Crippen molar-refractivity contribution in [3.05, 3.63) is 24.2 Å². The van der Waals surface area contributed by atoms with Crippen LogP contribution in [0.3, 0.4) is 0 Å². The highest BCUT2D eigenvalue weighted by Crippen LogP contribution is 2.36. The highest BCUT2D eigenvalue weighted by atomic mass is 16.3. The summed E-state index contributed by atoms with van der Waals surface area (Å²) < 4.78 is 5.15. The summed E-state index contributed by atoms with van der Waals surface area (Å²) in [6, 6.07) is 2.73. The summed E-state index contributed by atoms with van der Waals surface area (Å²) in [4.78, 5) is 52.8. The maximum atomic E-state index is 12.9. The Morgan fingerprint density at radius 1 is 1.20 bits per heavy atom. The summed E-state index contributed by atoms with van der Waals surface area (Å²) in [7, 11) is 0. The monoisotopic (exact) mass is 416 g/mol. The smallest absolute Gasteiger partial charge is 0.325 e. The molecule has 2 aliphatic heterocycles. The van der Waals surface area contributed by atoms with Crippen molar-refractivity contribution in [2.45, 2.75) is 57.0 Å². The summed E-state index contributed by atoms with van der Waals surface area (Å²) in [5.74, 6) is 0.0606. The van der Waals surface area contributed by atoms with Crippen molar-refractivity contribution < 1.29 is 23.6 Å². The average molecular weight is 416 g/mol. The zero-order valence-corrected chi connectivity index (χ0v) is 17.2. The van der Waals surface area contributed by atoms with Gasteiger partial charge >= 0.3 is 6.03 Å². The molecule has 0 unspecified atom stereocenters. The first-order valence-corrected chi connectivity index (χ1v) is 10.6. The fourth-order valence-electron chi connectivity index (χ4n) is 4.61. The first-order valence-electron chi connectivity index (χ1n) is 10.6. The van der Waals surface area contributed by atoms with Crippen LogP contribution in [0.4, 0.5) is 4.79 Å². The Labute approximate surface area is 175 Å². The van der Waals surface area contributed by atoms with Crippen LogP contribution < -0.4 is 10.6 Å². The zero-order valence-electron chi connectivity index (χ0n) is 17.2. The molecule has 0 aromatic carbocycles. The summed E-state index contributed by atoms with van der Waals surface area (Å²) in [6.07, 6.45) is 5.72. The second kappa shape index (κ2) is 8.12. The second-order valence-electron chi connectivity index (χ2n) is 8.70. The molecule has 2 saturated heterocycles. The van der Waals surface area contributed by atoms with Crippen LogP contribution in [-0.4, -0.2) is 64.8 Å². The lowest BCUT2D eigenvalue weighted by atomic mass is 9.77.